The summed E-state index contributed by atoms with van der Waals surface area (Å²) in [5.41, 5.74) is 3.58. The normalized spacial score (nSPS) is 11.6. The monoisotopic (exact) mass is 636 g/mol. The van der Waals surface area contributed by atoms with Gasteiger partial charge in [-0.1, -0.05) is 36.4 Å². The van der Waals surface area contributed by atoms with Crippen molar-refractivity contribution < 1.29 is 9.47 Å². The maximum atomic E-state index is 6.26. The van der Waals surface area contributed by atoms with Gasteiger partial charge < -0.3 is 14.8 Å². The van der Waals surface area contributed by atoms with E-state index in [4.69, 9.17) is 60.9 Å². The Morgan fingerprint density at radius 1 is 0.634 bits per heavy atom. The van der Waals surface area contributed by atoms with Crippen molar-refractivity contribution >= 4 is 79.6 Å². The van der Waals surface area contributed by atoms with Crippen molar-refractivity contribution in [2.24, 2.45) is 0 Å². The third-order valence-electron chi connectivity index (χ3n) is 6.72. The van der Waals surface area contributed by atoms with Crippen LogP contribution >= 0.6 is 46.4 Å². The minimum absolute atomic E-state index is 0.511. The molecule has 0 aliphatic heterocycles. The average molecular weight is 638 g/mol. The van der Waals surface area contributed by atoms with E-state index < -0.39 is 0 Å². The minimum atomic E-state index is 0.511. The van der Waals surface area contributed by atoms with Crippen LogP contribution in [-0.2, 0) is 0 Å². The van der Waals surface area contributed by atoms with Gasteiger partial charge in [0.2, 0.25) is 0 Å². The molecule has 0 aliphatic rings. The molecule has 41 heavy (non-hydrogen) atoms. The fourth-order valence-corrected chi connectivity index (χ4v) is 5.63. The lowest BCUT2D eigenvalue weighted by Crippen LogP contribution is -2.32. The smallest absolute Gasteiger partial charge is 0.145 e. The molecule has 0 fully saturated rings. The summed E-state index contributed by atoms with van der Waals surface area (Å²) in [5, 5.41) is 5.65. The molecular formula is C31H36Cl4N4O2. The zero-order valence-corrected chi connectivity index (χ0v) is 26.0. The van der Waals surface area contributed by atoms with E-state index in [2.05, 4.69) is 27.2 Å². The summed E-state index contributed by atoms with van der Waals surface area (Å²) in [4.78, 5) is 9.38. The summed E-state index contributed by atoms with van der Waals surface area (Å²) in [7, 11) is 0. The number of hydrogen-bond donors (Lipinski definition) is 1. The van der Waals surface area contributed by atoms with E-state index in [1.807, 2.05) is 54.6 Å². The van der Waals surface area contributed by atoms with Crippen LogP contribution in [0, 0.1) is 0 Å². The molecular weight excluding hydrogens is 602 g/mol. The highest BCUT2D eigenvalue weighted by atomic mass is 35.5. The van der Waals surface area contributed by atoms with E-state index in [1.165, 1.54) is 0 Å². The van der Waals surface area contributed by atoms with Gasteiger partial charge in [0.05, 0.1) is 11.2 Å². The summed E-state index contributed by atoms with van der Waals surface area (Å²) in [5.74, 6) is 3.77. The van der Waals surface area contributed by atoms with Crippen LogP contribution in [0.4, 0.5) is 11.4 Å². The first kappa shape index (κ1) is 31.7. The number of anilines is 2. The van der Waals surface area contributed by atoms with E-state index in [9.17, 15) is 0 Å². The number of nitrogens with one attached hydrogen (secondary N) is 1. The highest BCUT2D eigenvalue weighted by molar-refractivity contribution is 6.18. The number of aromatic nitrogens is 1. The van der Waals surface area contributed by atoms with Gasteiger partial charge in [-0.2, -0.15) is 0 Å². The number of nitrogens with zero attached hydrogens (tertiary/aromatic N) is 3. The number of para-hydroxylation sites is 2. The standard InChI is InChI=1S/C31H36Cl4N4O2/c32-11-15-38(16-12-33)19-21-40-25-6-3-5-24(23-25)36-30-26-7-1-2-9-28(26)37-31-27(30)8-4-10-29(31)41-22-20-39(17-13-34)18-14-35/h1-10,23H,11-22H2,(H,36,37). The van der Waals surface area contributed by atoms with Gasteiger partial charge in [-0.25, -0.2) is 4.98 Å². The number of ether oxygens (including phenoxy) is 2. The van der Waals surface area contributed by atoms with Gasteiger partial charge in [0.15, 0.2) is 0 Å². The Bertz CT molecular complexity index is 1360. The lowest BCUT2D eigenvalue weighted by Gasteiger charge is -2.21. The second-order valence-electron chi connectivity index (χ2n) is 9.45. The van der Waals surface area contributed by atoms with Crippen LogP contribution < -0.4 is 14.8 Å². The number of benzene rings is 3. The second-order valence-corrected chi connectivity index (χ2v) is 11.0. The van der Waals surface area contributed by atoms with E-state index in [-0.39, 0.29) is 0 Å². The molecule has 10 heteroatoms. The largest absolute Gasteiger partial charge is 0.492 e. The molecule has 1 aromatic heterocycles. The van der Waals surface area contributed by atoms with Crippen LogP contribution in [0.15, 0.2) is 66.7 Å². The predicted molar refractivity (Wildman–Crippen MR) is 176 cm³/mol. The molecule has 1 heterocycles. The van der Waals surface area contributed by atoms with Gasteiger partial charge in [-0.3, -0.25) is 9.80 Å². The Labute approximate surface area is 262 Å². The first-order chi connectivity index (χ1) is 20.2. The van der Waals surface area contributed by atoms with Crippen LogP contribution in [0.2, 0.25) is 0 Å². The Hall–Kier alpha value is -2.19. The lowest BCUT2D eigenvalue weighted by molar-refractivity contribution is 0.224. The molecule has 0 aliphatic carbocycles. The van der Waals surface area contributed by atoms with Gasteiger partial charge in [0.25, 0.3) is 0 Å². The van der Waals surface area contributed by atoms with Crippen LogP contribution in [0.1, 0.15) is 0 Å². The fraction of sp³-hybridized carbons (Fsp3) is 0.387. The molecule has 0 unspecified atom stereocenters. The van der Waals surface area contributed by atoms with Crippen molar-refractivity contribution in [1.82, 2.24) is 14.8 Å². The minimum Gasteiger partial charge on any atom is -0.492 e. The Kier molecular flexibility index (Phi) is 13.2. The van der Waals surface area contributed by atoms with Crippen molar-refractivity contribution in [3.63, 3.8) is 0 Å². The average Bonchev–Trinajstić information content (AvgIpc) is 2.98. The highest BCUT2D eigenvalue weighted by Gasteiger charge is 2.14. The van der Waals surface area contributed by atoms with Crippen molar-refractivity contribution in [2.75, 3.05) is 81.3 Å². The summed E-state index contributed by atoms with van der Waals surface area (Å²) in [6.45, 7) is 5.66. The summed E-state index contributed by atoms with van der Waals surface area (Å²) in [6, 6.07) is 22.2. The zero-order chi connectivity index (χ0) is 28.9. The Morgan fingerprint density at radius 3 is 1.93 bits per heavy atom. The van der Waals surface area contributed by atoms with Gasteiger partial charge in [-0.15, -0.1) is 46.4 Å². The van der Waals surface area contributed by atoms with Crippen molar-refractivity contribution in [1.29, 1.82) is 0 Å². The molecule has 6 nitrogen and oxygen atoms in total. The molecule has 0 amide bonds. The topological polar surface area (TPSA) is 49.9 Å². The highest BCUT2D eigenvalue weighted by Crippen LogP contribution is 2.37. The molecule has 3 aromatic carbocycles. The number of fused-ring (bicyclic) bond motifs is 2. The summed E-state index contributed by atoms with van der Waals surface area (Å²) >= 11 is 23.8. The number of hydrogen-bond acceptors (Lipinski definition) is 6. The third-order valence-corrected chi connectivity index (χ3v) is 7.40. The summed E-state index contributed by atoms with van der Waals surface area (Å²) in [6.07, 6.45) is 0. The van der Waals surface area contributed by atoms with E-state index in [1.54, 1.807) is 0 Å². The molecule has 4 rings (SSSR count). The first-order valence-corrected chi connectivity index (χ1v) is 15.9. The molecule has 0 atom stereocenters. The van der Waals surface area contributed by atoms with Crippen LogP contribution in [0.5, 0.6) is 11.5 Å². The molecule has 0 saturated heterocycles. The van der Waals surface area contributed by atoms with Crippen LogP contribution in [-0.4, -0.2) is 90.8 Å². The summed E-state index contributed by atoms with van der Waals surface area (Å²) < 4.78 is 12.3. The molecule has 4 aromatic rings. The molecule has 0 spiro atoms. The number of pyridine rings is 1. The van der Waals surface area contributed by atoms with Gasteiger partial charge in [0, 0.05) is 85.3 Å². The molecule has 1 N–H and O–H groups in total. The zero-order valence-electron chi connectivity index (χ0n) is 23.0. The van der Waals surface area contributed by atoms with Crippen LogP contribution in [0.3, 0.4) is 0 Å². The van der Waals surface area contributed by atoms with Crippen molar-refractivity contribution in [3.8, 4) is 11.5 Å². The lowest BCUT2D eigenvalue weighted by atomic mass is 10.1. The second kappa shape index (κ2) is 17.1. The molecule has 220 valence electrons. The number of rotatable bonds is 18. The molecule has 0 bridgehead atoms. The number of halogens is 4. The maximum absolute atomic E-state index is 6.26. The van der Waals surface area contributed by atoms with Crippen LogP contribution in [0.25, 0.3) is 21.8 Å². The fourth-order valence-electron chi connectivity index (χ4n) is 4.67. The Morgan fingerprint density at radius 2 is 1.24 bits per heavy atom. The van der Waals surface area contributed by atoms with Crippen molar-refractivity contribution in [2.45, 2.75) is 0 Å². The van der Waals surface area contributed by atoms with E-state index in [0.29, 0.717) is 36.7 Å². The van der Waals surface area contributed by atoms with E-state index >= 15 is 0 Å². The molecule has 0 radical (unpaired) electrons. The Balaban J connectivity index is 1.55. The van der Waals surface area contributed by atoms with Gasteiger partial charge in [-0.05, 0) is 24.3 Å². The molecule has 0 saturated carbocycles. The third kappa shape index (κ3) is 9.15. The van der Waals surface area contributed by atoms with Gasteiger partial charge in [0.1, 0.15) is 30.2 Å². The maximum Gasteiger partial charge on any atom is 0.145 e. The number of alkyl halides is 4. The quantitative estimate of drug-likeness (QED) is 0.0903. The van der Waals surface area contributed by atoms with Crippen molar-refractivity contribution in [3.05, 3.63) is 66.7 Å². The SMILES string of the molecule is ClCCN(CCCl)CCOc1cccc(Nc2c3ccccc3nc3c(OCCN(CCCl)CCCl)cccc23)c1. The predicted octanol–water partition coefficient (Wildman–Crippen LogP) is 7.45. The first-order valence-electron chi connectivity index (χ1n) is 13.8. The van der Waals surface area contributed by atoms with Gasteiger partial charge >= 0.3 is 0 Å². The van der Waals surface area contributed by atoms with E-state index in [0.717, 1.165) is 83.9 Å².